The van der Waals surface area contributed by atoms with Crippen LogP contribution in [0.15, 0.2) is 47.2 Å². The van der Waals surface area contributed by atoms with Crippen LogP contribution in [-0.4, -0.2) is 72.1 Å². The van der Waals surface area contributed by atoms with Gasteiger partial charge in [0.05, 0.1) is 6.61 Å². The molecule has 1 spiro atoms. The number of rotatable bonds is 8. The molecule has 2 saturated heterocycles. The third-order valence-corrected chi connectivity index (χ3v) is 7.01. The number of likely N-dealkylation sites (tertiary alicyclic amines) is 1. The number of carbonyl (C=O) groups excluding carboxylic acids is 2. The summed E-state index contributed by atoms with van der Waals surface area (Å²) in [6, 6.07) is 12.0. The molecule has 2 fully saturated rings. The molecule has 3 heterocycles. The average molecular weight is 428 g/mol. The van der Waals surface area contributed by atoms with Crippen LogP contribution in [0, 0.1) is 0 Å². The largest absolute Gasteiger partial charge is 0.383 e. The van der Waals surface area contributed by atoms with Gasteiger partial charge in [0.2, 0.25) is 0 Å². The van der Waals surface area contributed by atoms with Crippen molar-refractivity contribution in [2.75, 3.05) is 39.9 Å². The summed E-state index contributed by atoms with van der Waals surface area (Å²) >= 11 is 1.71. The van der Waals surface area contributed by atoms with Crippen molar-refractivity contribution in [3.63, 3.8) is 0 Å². The third kappa shape index (κ3) is 4.15. The van der Waals surface area contributed by atoms with Crippen molar-refractivity contribution in [3.05, 3.63) is 58.3 Å². The maximum absolute atomic E-state index is 13.5. The third-order valence-electron chi connectivity index (χ3n) is 6.28. The number of nitrogens with zero attached hydrogens (tertiary/aromatic N) is 3. The van der Waals surface area contributed by atoms with Crippen molar-refractivity contribution in [1.82, 2.24) is 14.7 Å². The number of benzene rings is 1. The summed E-state index contributed by atoms with van der Waals surface area (Å²) in [7, 11) is 1.63. The fourth-order valence-corrected chi connectivity index (χ4v) is 5.22. The monoisotopic (exact) mass is 427 g/mol. The quantitative estimate of drug-likeness (QED) is 0.607. The fraction of sp³-hybridized carbons (Fsp3) is 0.478. The van der Waals surface area contributed by atoms with E-state index in [1.165, 1.54) is 10.5 Å². The molecule has 160 valence electrons. The van der Waals surface area contributed by atoms with Crippen LogP contribution in [0.5, 0.6) is 0 Å². The normalized spacial score (nSPS) is 19.2. The van der Waals surface area contributed by atoms with Crippen LogP contribution in [0.25, 0.3) is 0 Å². The molecule has 30 heavy (non-hydrogen) atoms. The Morgan fingerprint density at radius 3 is 2.47 bits per heavy atom. The minimum atomic E-state index is -0.725. The lowest BCUT2D eigenvalue weighted by Crippen LogP contribution is -2.57. The van der Waals surface area contributed by atoms with Crippen molar-refractivity contribution >= 4 is 23.3 Å². The summed E-state index contributed by atoms with van der Waals surface area (Å²) < 4.78 is 5.24. The van der Waals surface area contributed by atoms with Gasteiger partial charge in [0.25, 0.3) is 5.91 Å². The van der Waals surface area contributed by atoms with Crippen molar-refractivity contribution < 1.29 is 14.3 Å². The molecule has 0 N–H and O–H groups in total. The molecule has 6 nitrogen and oxygen atoms in total. The van der Waals surface area contributed by atoms with E-state index in [-0.39, 0.29) is 11.9 Å². The van der Waals surface area contributed by atoms with E-state index in [4.69, 9.17) is 4.74 Å². The van der Waals surface area contributed by atoms with Crippen LogP contribution in [0.1, 0.15) is 24.0 Å². The molecule has 0 radical (unpaired) electrons. The molecule has 7 heteroatoms. The Bertz CT molecular complexity index is 848. The molecule has 0 saturated carbocycles. The van der Waals surface area contributed by atoms with Gasteiger partial charge in [-0.25, -0.2) is 4.79 Å². The van der Waals surface area contributed by atoms with Crippen molar-refractivity contribution in [2.24, 2.45) is 0 Å². The minimum absolute atomic E-state index is 0.0327. The molecule has 0 atom stereocenters. The van der Waals surface area contributed by atoms with E-state index in [1.54, 1.807) is 23.3 Å². The Kier molecular flexibility index (Phi) is 6.51. The molecule has 3 amide bonds. The summed E-state index contributed by atoms with van der Waals surface area (Å²) in [6.45, 7) is 3.83. The summed E-state index contributed by atoms with van der Waals surface area (Å²) in [5.74, 6) is -0.0327. The Morgan fingerprint density at radius 1 is 1.03 bits per heavy atom. The van der Waals surface area contributed by atoms with E-state index in [2.05, 4.69) is 21.7 Å². The van der Waals surface area contributed by atoms with Crippen molar-refractivity contribution in [3.8, 4) is 0 Å². The number of urea groups is 1. The van der Waals surface area contributed by atoms with Crippen LogP contribution in [-0.2, 0) is 22.5 Å². The van der Waals surface area contributed by atoms with Gasteiger partial charge in [0.15, 0.2) is 0 Å². The summed E-state index contributed by atoms with van der Waals surface area (Å²) in [4.78, 5) is 32.4. The summed E-state index contributed by atoms with van der Waals surface area (Å²) in [6.07, 6.45) is 2.03. The van der Waals surface area contributed by atoms with Crippen LogP contribution in [0.4, 0.5) is 4.79 Å². The molecule has 0 bridgehead atoms. The second-order valence-corrected chi connectivity index (χ2v) is 8.84. The molecule has 0 aliphatic carbocycles. The number of piperidine rings is 1. The number of carbonyl (C=O) groups is 2. The van der Waals surface area contributed by atoms with E-state index in [1.807, 2.05) is 30.3 Å². The minimum Gasteiger partial charge on any atom is -0.383 e. The second kappa shape index (κ2) is 9.29. The molecule has 1 aromatic heterocycles. The van der Waals surface area contributed by atoms with Crippen molar-refractivity contribution in [2.45, 2.75) is 31.3 Å². The lowest BCUT2D eigenvalue weighted by atomic mass is 9.85. The van der Waals surface area contributed by atoms with Gasteiger partial charge in [-0.2, -0.15) is 11.3 Å². The molecule has 2 aliphatic heterocycles. The van der Waals surface area contributed by atoms with E-state index in [0.29, 0.717) is 39.0 Å². The molecule has 0 unspecified atom stereocenters. The highest BCUT2D eigenvalue weighted by Gasteiger charge is 2.57. The number of hydrogen-bond donors (Lipinski definition) is 0. The maximum Gasteiger partial charge on any atom is 0.327 e. The van der Waals surface area contributed by atoms with Gasteiger partial charge in [-0.15, -0.1) is 0 Å². The first-order valence-electron chi connectivity index (χ1n) is 10.5. The highest BCUT2D eigenvalue weighted by Crippen LogP contribution is 2.37. The van der Waals surface area contributed by atoms with Crippen LogP contribution in [0.3, 0.4) is 0 Å². The topological polar surface area (TPSA) is 53.1 Å². The lowest BCUT2D eigenvalue weighted by Gasteiger charge is -2.42. The molecule has 2 aliphatic rings. The van der Waals surface area contributed by atoms with E-state index < -0.39 is 5.54 Å². The predicted molar refractivity (Wildman–Crippen MR) is 117 cm³/mol. The molecular formula is C23H29N3O3S. The summed E-state index contributed by atoms with van der Waals surface area (Å²) in [5.41, 5.74) is 1.72. The first-order valence-corrected chi connectivity index (χ1v) is 11.5. The molecule has 4 rings (SSSR count). The van der Waals surface area contributed by atoms with Gasteiger partial charge in [-0.1, -0.05) is 30.3 Å². The molecular weight excluding hydrogens is 398 g/mol. The molecule has 2 aromatic rings. The fourth-order valence-electron chi connectivity index (χ4n) is 4.56. The number of ether oxygens (including phenoxy) is 1. The Balaban J connectivity index is 1.47. The highest BCUT2D eigenvalue weighted by atomic mass is 32.1. The Morgan fingerprint density at radius 2 is 1.80 bits per heavy atom. The maximum atomic E-state index is 13.5. The number of hydrogen-bond acceptors (Lipinski definition) is 5. The number of imide groups is 1. The van der Waals surface area contributed by atoms with Gasteiger partial charge in [-0.3, -0.25) is 14.6 Å². The van der Waals surface area contributed by atoms with E-state index in [9.17, 15) is 9.59 Å². The van der Waals surface area contributed by atoms with Crippen LogP contribution >= 0.6 is 11.3 Å². The zero-order valence-electron chi connectivity index (χ0n) is 17.5. The zero-order valence-corrected chi connectivity index (χ0v) is 18.3. The van der Waals surface area contributed by atoms with Gasteiger partial charge in [0, 0.05) is 39.8 Å². The second-order valence-electron chi connectivity index (χ2n) is 8.06. The van der Waals surface area contributed by atoms with E-state index in [0.717, 1.165) is 25.2 Å². The number of thiophene rings is 1. The lowest BCUT2D eigenvalue weighted by molar-refractivity contribution is -0.135. The van der Waals surface area contributed by atoms with Gasteiger partial charge >= 0.3 is 6.03 Å². The van der Waals surface area contributed by atoms with Gasteiger partial charge in [0.1, 0.15) is 5.54 Å². The van der Waals surface area contributed by atoms with Gasteiger partial charge in [-0.05, 0) is 47.2 Å². The molecule has 1 aromatic carbocycles. The predicted octanol–water partition coefficient (Wildman–Crippen LogP) is 3.24. The number of amides is 3. The first kappa shape index (κ1) is 21.0. The summed E-state index contributed by atoms with van der Waals surface area (Å²) in [5, 5.41) is 4.27. The van der Waals surface area contributed by atoms with Crippen molar-refractivity contribution in [1.29, 1.82) is 0 Å². The van der Waals surface area contributed by atoms with Gasteiger partial charge < -0.3 is 9.64 Å². The van der Waals surface area contributed by atoms with Crippen LogP contribution in [0.2, 0.25) is 0 Å². The zero-order chi connectivity index (χ0) is 21.0. The Hall–Kier alpha value is -2.22. The van der Waals surface area contributed by atoms with Crippen LogP contribution < -0.4 is 0 Å². The number of methoxy groups -OCH3 is 1. The Labute approximate surface area is 182 Å². The van der Waals surface area contributed by atoms with E-state index >= 15 is 0 Å². The standard InChI is InChI=1S/C23H29N3O3S/c1-29-15-14-26-22(28)25(11-7-19-5-3-2-4-6-19)21(27)23(26)9-12-24(13-10-23)17-20-8-16-30-18-20/h2-6,8,16,18H,7,9-15,17H2,1H3. The first-order chi connectivity index (χ1) is 14.6. The highest BCUT2D eigenvalue weighted by molar-refractivity contribution is 7.07. The average Bonchev–Trinajstić information content (AvgIpc) is 3.34. The SMILES string of the molecule is COCCN1C(=O)N(CCc2ccccc2)C(=O)C12CCN(Cc1ccsc1)CC2. The smallest absolute Gasteiger partial charge is 0.327 e.